The van der Waals surface area contributed by atoms with Crippen molar-refractivity contribution in [2.24, 2.45) is 0 Å². The molecule has 0 spiro atoms. The SMILES string of the molecule is Nc1ccc(S(=O)(=O)NCc2cn[nH]c2)cc1. The van der Waals surface area contributed by atoms with Gasteiger partial charge in [-0.15, -0.1) is 0 Å². The van der Waals surface area contributed by atoms with Crippen molar-refractivity contribution in [3.05, 3.63) is 42.2 Å². The molecule has 4 N–H and O–H groups in total. The summed E-state index contributed by atoms with van der Waals surface area (Å²) in [6, 6.07) is 6.03. The van der Waals surface area contributed by atoms with Crippen LogP contribution in [0.2, 0.25) is 0 Å². The summed E-state index contributed by atoms with van der Waals surface area (Å²) >= 11 is 0. The quantitative estimate of drug-likeness (QED) is 0.688. The number of rotatable bonds is 4. The first-order chi connectivity index (χ1) is 8.08. The van der Waals surface area contributed by atoms with E-state index in [1.165, 1.54) is 12.1 Å². The van der Waals surface area contributed by atoms with Crippen molar-refractivity contribution in [1.29, 1.82) is 0 Å². The average molecular weight is 252 g/mol. The van der Waals surface area contributed by atoms with Gasteiger partial charge < -0.3 is 5.73 Å². The minimum Gasteiger partial charge on any atom is -0.399 e. The number of nitrogens with zero attached hydrogens (tertiary/aromatic N) is 1. The molecule has 6 nitrogen and oxygen atoms in total. The second kappa shape index (κ2) is 4.56. The van der Waals surface area contributed by atoms with Crippen LogP contribution in [0.4, 0.5) is 5.69 Å². The molecule has 1 heterocycles. The van der Waals surface area contributed by atoms with Gasteiger partial charge >= 0.3 is 0 Å². The molecule has 1 aromatic heterocycles. The first-order valence-corrected chi connectivity index (χ1v) is 6.39. The number of nitrogen functional groups attached to an aromatic ring is 1. The van der Waals surface area contributed by atoms with Crippen LogP contribution in [0.5, 0.6) is 0 Å². The van der Waals surface area contributed by atoms with Gasteiger partial charge in [-0.25, -0.2) is 13.1 Å². The topological polar surface area (TPSA) is 101 Å². The van der Waals surface area contributed by atoms with Crippen molar-refractivity contribution < 1.29 is 8.42 Å². The van der Waals surface area contributed by atoms with Crippen LogP contribution in [-0.4, -0.2) is 18.6 Å². The van der Waals surface area contributed by atoms with Crippen LogP contribution in [0.3, 0.4) is 0 Å². The van der Waals surface area contributed by atoms with Crippen molar-refractivity contribution in [1.82, 2.24) is 14.9 Å². The lowest BCUT2D eigenvalue weighted by Crippen LogP contribution is -2.22. The number of anilines is 1. The molecule has 90 valence electrons. The molecule has 0 fully saturated rings. The number of aromatic amines is 1. The summed E-state index contributed by atoms with van der Waals surface area (Å²) in [5.41, 5.74) is 6.79. The van der Waals surface area contributed by atoms with E-state index in [2.05, 4.69) is 14.9 Å². The highest BCUT2D eigenvalue weighted by atomic mass is 32.2. The van der Waals surface area contributed by atoms with Gasteiger partial charge in [-0.05, 0) is 24.3 Å². The zero-order valence-corrected chi connectivity index (χ0v) is 9.74. The van der Waals surface area contributed by atoms with E-state index in [0.29, 0.717) is 5.69 Å². The van der Waals surface area contributed by atoms with Gasteiger partial charge in [0, 0.05) is 24.0 Å². The lowest BCUT2D eigenvalue weighted by atomic mass is 10.3. The molecule has 2 aromatic rings. The van der Waals surface area contributed by atoms with Crippen LogP contribution < -0.4 is 10.5 Å². The van der Waals surface area contributed by atoms with Gasteiger partial charge in [-0.1, -0.05) is 0 Å². The Hall–Kier alpha value is -1.86. The van der Waals surface area contributed by atoms with E-state index in [1.54, 1.807) is 24.5 Å². The molecule has 0 saturated carbocycles. The molecule has 0 atom stereocenters. The number of sulfonamides is 1. The molecule has 0 aliphatic rings. The third-order valence-corrected chi connectivity index (χ3v) is 3.63. The van der Waals surface area contributed by atoms with Crippen LogP contribution in [0.25, 0.3) is 0 Å². The lowest BCUT2D eigenvalue weighted by Gasteiger charge is -2.05. The van der Waals surface area contributed by atoms with Gasteiger partial charge in [-0.3, -0.25) is 5.10 Å². The van der Waals surface area contributed by atoms with Crippen molar-refractivity contribution >= 4 is 15.7 Å². The number of H-pyrrole nitrogens is 1. The van der Waals surface area contributed by atoms with Gasteiger partial charge in [0.05, 0.1) is 11.1 Å². The van der Waals surface area contributed by atoms with Crippen molar-refractivity contribution in [3.63, 3.8) is 0 Å². The highest BCUT2D eigenvalue weighted by Gasteiger charge is 2.13. The molecule has 0 aliphatic heterocycles. The monoisotopic (exact) mass is 252 g/mol. The van der Waals surface area contributed by atoms with Crippen molar-refractivity contribution in [3.8, 4) is 0 Å². The Balaban J connectivity index is 2.11. The normalized spacial score (nSPS) is 11.5. The Labute approximate surface area is 98.9 Å². The Morgan fingerprint density at radius 3 is 2.59 bits per heavy atom. The van der Waals surface area contributed by atoms with E-state index < -0.39 is 10.0 Å². The molecular formula is C10H12N4O2S. The highest BCUT2D eigenvalue weighted by molar-refractivity contribution is 7.89. The molecule has 0 saturated heterocycles. The fraction of sp³-hybridized carbons (Fsp3) is 0.100. The van der Waals surface area contributed by atoms with Gasteiger partial charge in [0.15, 0.2) is 0 Å². The number of aromatic nitrogens is 2. The molecule has 0 radical (unpaired) electrons. The molecular weight excluding hydrogens is 240 g/mol. The number of hydrogen-bond acceptors (Lipinski definition) is 4. The molecule has 0 amide bonds. The second-order valence-corrected chi connectivity index (χ2v) is 5.27. The summed E-state index contributed by atoms with van der Waals surface area (Å²) in [4.78, 5) is 0.190. The van der Waals surface area contributed by atoms with Crippen molar-refractivity contribution in [2.75, 3.05) is 5.73 Å². The highest BCUT2D eigenvalue weighted by Crippen LogP contribution is 2.11. The Morgan fingerprint density at radius 1 is 1.29 bits per heavy atom. The van der Waals surface area contributed by atoms with E-state index in [9.17, 15) is 8.42 Å². The van der Waals surface area contributed by atoms with Gasteiger partial charge in [-0.2, -0.15) is 5.10 Å². The summed E-state index contributed by atoms with van der Waals surface area (Å²) in [6.45, 7) is 0.198. The standard InChI is InChI=1S/C10H12N4O2S/c11-9-1-3-10(4-2-9)17(15,16)14-7-8-5-12-13-6-8/h1-6,14H,7,11H2,(H,12,13). The predicted molar refractivity (Wildman–Crippen MR) is 63.5 cm³/mol. The molecule has 1 aromatic carbocycles. The number of nitrogens with two attached hydrogens (primary N) is 1. The maximum Gasteiger partial charge on any atom is 0.240 e. The average Bonchev–Trinajstić information content (AvgIpc) is 2.80. The zero-order valence-electron chi connectivity index (χ0n) is 8.92. The van der Waals surface area contributed by atoms with Crippen LogP contribution in [0.1, 0.15) is 5.56 Å². The first-order valence-electron chi connectivity index (χ1n) is 4.91. The first kappa shape index (κ1) is 11.6. The second-order valence-electron chi connectivity index (χ2n) is 3.50. The van der Waals surface area contributed by atoms with Gasteiger partial charge in [0.25, 0.3) is 0 Å². The summed E-state index contributed by atoms with van der Waals surface area (Å²) < 4.78 is 26.2. The lowest BCUT2D eigenvalue weighted by molar-refractivity contribution is 0.581. The molecule has 7 heteroatoms. The Morgan fingerprint density at radius 2 is 2.00 bits per heavy atom. The molecule has 0 unspecified atom stereocenters. The maximum absolute atomic E-state index is 11.9. The number of nitrogens with one attached hydrogen (secondary N) is 2. The third-order valence-electron chi connectivity index (χ3n) is 2.21. The largest absolute Gasteiger partial charge is 0.399 e. The van der Waals surface area contributed by atoms with Crippen LogP contribution >= 0.6 is 0 Å². The van der Waals surface area contributed by atoms with E-state index in [4.69, 9.17) is 5.73 Å². The minimum atomic E-state index is -3.50. The van der Waals surface area contributed by atoms with Gasteiger partial charge in [0.1, 0.15) is 0 Å². The van der Waals surface area contributed by atoms with Crippen LogP contribution in [-0.2, 0) is 16.6 Å². The summed E-state index contributed by atoms with van der Waals surface area (Å²) in [6.07, 6.45) is 3.19. The van der Waals surface area contributed by atoms with Gasteiger partial charge in [0.2, 0.25) is 10.0 Å². The van der Waals surface area contributed by atoms with E-state index in [-0.39, 0.29) is 11.4 Å². The van der Waals surface area contributed by atoms with Crippen molar-refractivity contribution in [2.45, 2.75) is 11.4 Å². The summed E-state index contributed by atoms with van der Waals surface area (Å²) in [5.74, 6) is 0. The molecule has 0 bridgehead atoms. The Bertz CT molecular complexity index is 575. The smallest absolute Gasteiger partial charge is 0.240 e. The summed E-state index contributed by atoms with van der Waals surface area (Å²) in [5, 5.41) is 6.34. The van der Waals surface area contributed by atoms with E-state index in [0.717, 1.165) is 5.56 Å². The molecule has 2 rings (SSSR count). The van der Waals surface area contributed by atoms with Crippen LogP contribution in [0, 0.1) is 0 Å². The van der Waals surface area contributed by atoms with E-state index >= 15 is 0 Å². The van der Waals surface area contributed by atoms with E-state index in [1.807, 2.05) is 0 Å². The fourth-order valence-corrected chi connectivity index (χ4v) is 2.30. The predicted octanol–water partition coefficient (Wildman–Crippen LogP) is 0.470. The zero-order chi connectivity index (χ0) is 12.3. The van der Waals surface area contributed by atoms with Crippen LogP contribution in [0.15, 0.2) is 41.6 Å². The molecule has 0 aliphatic carbocycles. The fourth-order valence-electron chi connectivity index (χ4n) is 1.28. The Kier molecular flexibility index (Phi) is 3.12. The summed E-state index contributed by atoms with van der Waals surface area (Å²) in [7, 11) is -3.50. The molecule has 17 heavy (non-hydrogen) atoms. The number of hydrogen-bond donors (Lipinski definition) is 3. The maximum atomic E-state index is 11.9. The third kappa shape index (κ3) is 2.83. The minimum absolute atomic E-state index is 0.190. The number of benzene rings is 1.